The van der Waals surface area contributed by atoms with Crippen molar-refractivity contribution in [1.82, 2.24) is 4.72 Å². The highest BCUT2D eigenvalue weighted by atomic mass is 32.2. The Morgan fingerprint density at radius 2 is 1.89 bits per heavy atom. The molecule has 5 heteroatoms. The summed E-state index contributed by atoms with van der Waals surface area (Å²) in [5.41, 5.74) is 0.690. The first-order chi connectivity index (χ1) is 9.13. The van der Waals surface area contributed by atoms with Crippen LogP contribution in [0, 0.1) is 5.92 Å². The number of anilines is 1. The zero-order chi connectivity index (χ0) is 13.7. The zero-order valence-corrected chi connectivity index (χ0v) is 12.2. The standard InChI is InChI=1S/C14H22N2O2S/c1-15-19(17,18)14-9-5-4-8-13(14)16-11-10-12-6-2-3-7-12/h4-5,8-9,12,15-16H,2-3,6-7,10-11H2,1H3. The number of benzene rings is 1. The molecule has 0 heterocycles. The third-order valence-corrected chi connectivity index (χ3v) is 5.26. The van der Waals surface area contributed by atoms with Crippen molar-refractivity contribution in [1.29, 1.82) is 0 Å². The van der Waals surface area contributed by atoms with E-state index in [1.165, 1.54) is 32.7 Å². The fourth-order valence-electron chi connectivity index (χ4n) is 2.67. The number of sulfonamides is 1. The molecule has 1 aliphatic rings. The summed E-state index contributed by atoms with van der Waals surface area (Å²) in [4.78, 5) is 0.323. The number of hydrogen-bond acceptors (Lipinski definition) is 3. The second kappa shape index (κ2) is 6.39. The Kier molecular flexibility index (Phi) is 4.82. The molecular weight excluding hydrogens is 260 g/mol. The van der Waals surface area contributed by atoms with Gasteiger partial charge in [0.2, 0.25) is 10.0 Å². The molecule has 19 heavy (non-hydrogen) atoms. The molecule has 0 atom stereocenters. The van der Waals surface area contributed by atoms with Gasteiger partial charge < -0.3 is 5.32 Å². The molecule has 0 aromatic heterocycles. The molecule has 0 saturated heterocycles. The predicted octanol–water partition coefficient (Wildman–Crippen LogP) is 2.59. The quantitative estimate of drug-likeness (QED) is 0.843. The van der Waals surface area contributed by atoms with Crippen LogP contribution in [0.5, 0.6) is 0 Å². The Labute approximate surface area is 115 Å². The number of rotatable bonds is 6. The van der Waals surface area contributed by atoms with Gasteiger partial charge in [-0.15, -0.1) is 0 Å². The molecular formula is C14H22N2O2S. The molecule has 1 aromatic rings. The van der Waals surface area contributed by atoms with Gasteiger partial charge in [-0.3, -0.25) is 0 Å². The summed E-state index contributed by atoms with van der Waals surface area (Å²) in [5.74, 6) is 0.806. The van der Waals surface area contributed by atoms with Crippen LogP contribution in [0.25, 0.3) is 0 Å². The lowest BCUT2D eigenvalue weighted by atomic mass is 10.0. The van der Waals surface area contributed by atoms with Gasteiger partial charge in [-0.2, -0.15) is 0 Å². The van der Waals surface area contributed by atoms with Crippen molar-refractivity contribution in [2.45, 2.75) is 37.0 Å². The van der Waals surface area contributed by atoms with Gasteiger partial charge in [-0.05, 0) is 31.5 Å². The van der Waals surface area contributed by atoms with Crippen molar-refractivity contribution in [3.63, 3.8) is 0 Å². The Morgan fingerprint density at radius 1 is 1.21 bits per heavy atom. The average Bonchev–Trinajstić information content (AvgIpc) is 2.92. The molecule has 0 spiro atoms. The number of hydrogen-bond donors (Lipinski definition) is 2. The van der Waals surface area contributed by atoms with Crippen LogP contribution in [0.4, 0.5) is 5.69 Å². The minimum absolute atomic E-state index is 0.323. The van der Waals surface area contributed by atoms with E-state index < -0.39 is 10.0 Å². The molecule has 2 N–H and O–H groups in total. The first-order valence-corrected chi connectivity index (χ1v) is 8.38. The molecule has 0 amide bonds. The highest BCUT2D eigenvalue weighted by Crippen LogP contribution is 2.28. The SMILES string of the molecule is CNS(=O)(=O)c1ccccc1NCCC1CCCC1. The normalized spacial score (nSPS) is 16.7. The summed E-state index contributed by atoms with van der Waals surface area (Å²) in [6.45, 7) is 0.834. The minimum atomic E-state index is -3.39. The summed E-state index contributed by atoms with van der Waals surface area (Å²) in [6.07, 6.45) is 6.44. The molecule has 1 fully saturated rings. The first-order valence-electron chi connectivity index (χ1n) is 6.90. The molecule has 0 unspecified atom stereocenters. The molecule has 1 aromatic carbocycles. The van der Waals surface area contributed by atoms with Gasteiger partial charge in [0.05, 0.1) is 5.69 Å². The maximum atomic E-state index is 11.9. The summed E-state index contributed by atoms with van der Waals surface area (Å²) >= 11 is 0. The maximum absolute atomic E-state index is 11.9. The number of para-hydroxylation sites is 1. The van der Waals surface area contributed by atoms with E-state index in [9.17, 15) is 8.42 Å². The van der Waals surface area contributed by atoms with Gasteiger partial charge in [-0.25, -0.2) is 13.1 Å². The minimum Gasteiger partial charge on any atom is -0.384 e. The summed E-state index contributed by atoms with van der Waals surface area (Å²) in [5, 5.41) is 3.26. The molecule has 1 saturated carbocycles. The fraction of sp³-hybridized carbons (Fsp3) is 0.571. The zero-order valence-electron chi connectivity index (χ0n) is 11.4. The molecule has 0 bridgehead atoms. The number of nitrogens with one attached hydrogen (secondary N) is 2. The Bertz CT molecular complexity index is 508. The van der Waals surface area contributed by atoms with Crippen molar-refractivity contribution in [2.75, 3.05) is 18.9 Å². The third-order valence-electron chi connectivity index (χ3n) is 3.79. The van der Waals surface area contributed by atoms with E-state index in [-0.39, 0.29) is 0 Å². The van der Waals surface area contributed by atoms with E-state index >= 15 is 0 Å². The van der Waals surface area contributed by atoms with Crippen LogP contribution in [0.15, 0.2) is 29.2 Å². The average molecular weight is 282 g/mol. The second-order valence-electron chi connectivity index (χ2n) is 5.07. The molecule has 2 rings (SSSR count). The lowest BCUT2D eigenvalue weighted by Gasteiger charge is -2.14. The largest absolute Gasteiger partial charge is 0.384 e. The molecule has 1 aliphatic carbocycles. The van der Waals surface area contributed by atoms with Crippen LogP contribution in [-0.4, -0.2) is 22.0 Å². The van der Waals surface area contributed by atoms with Gasteiger partial charge in [0.25, 0.3) is 0 Å². The highest BCUT2D eigenvalue weighted by molar-refractivity contribution is 7.89. The van der Waals surface area contributed by atoms with Crippen LogP contribution in [0.3, 0.4) is 0 Å². The van der Waals surface area contributed by atoms with Gasteiger partial charge >= 0.3 is 0 Å². The summed E-state index contributed by atoms with van der Waals surface area (Å²) < 4.78 is 26.1. The van der Waals surface area contributed by atoms with Crippen molar-refractivity contribution >= 4 is 15.7 Å². The van der Waals surface area contributed by atoms with E-state index in [1.54, 1.807) is 12.1 Å². The van der Waals surface area contributed by atoms with Crippen LogP contribution in [0.1, 0.15) is 32.1 Å². The summed E-state index contributed by atoms with van der Waals surface area (Å²) in [7, 11) is -1.96. The van der Waals surface area contributed by atoms with Gasteiger partial charge in [0.1, 0.15) is 4.90 Å². The second-order valence-corrected chi connectivity index (χ2v) is 6.92. The predicted molar refractivity (Wildman–Crippen MR) is 77.8 cm³/mol. The highest BCUT2D eigenvalue weighted by Gasteiger charge is 2.17. The van der Waals surface area contributed by atoms with E-state index in [0.29, 0.717) is 10.6 Å². The van der Waals surface area contributed by atoms with E-state index in [4.69, 9.17) is 0 Å². The topological polar surface area (TPSA) is 58.2 Å². The lowest BCUT2D eigenvalue weighted by molar-refractivity contribution is 0.518. The van der Waals surface area contributed by atoms with Crippen LogP contribution in [0.2, 0.25) is 0 Å². The Balaban J connectivity index is 1.99. The van der Waals surface area contributed by atoms with Crippen molar-refractivity contribution in [2.24, 2.45) is 5.92 Å². The van der Waals surface area contributed by atoms with Gasteiger partial charge in [0, 0.05) is 6.54 Å². The van der Waals surface area contributed by atoms with E-state index in [1.807, 2.05) is 12.1 Å². The van der Waals surface area contributed by atoms with Gasteiger partial charge in [0.15, 0.2) is 0 Å². The van der Waals surface area contributed by atoms with Crippen molar-refractivity contribution in [3.8, 4) is 0 Å². The van der Waals surface area contributed by atoms with E-state index in [0.717, 1.165) is 18.9 Å². The monoisotopic (exact) mass is 282 g/mol. The molecule has 0 radical (unpaired) electrons. The van der Waals surface area contributed by atoms with E-state index in [2.05, 4.69) is 10.0 Å². The van der Waals surface area contributed by atoms with Crippen LogP contribution < -0.4 is 10.0 Å². The first kappa shape index (κ1) is 14.3. The third kappa shape index (κ3) is 3.70. The van der Waals surface area contributed by atoms with Gasteiger partial charge in [-0.1, -0.05) is 37.8 Å². The molecule has 106 valence electrons. The van der Waals surface area contributed by atoms with Crippen molar-refractivity contribution < 1.29 is 8.42 Å². The maximum Gasteiger partial charge on any atom is 0.242 e. The Hall–Kier alpha value is -1.07. The van der Waals surface area contributed by atoms with Crippen molar-refractivity contribution in [3.05, 3.63) is 24.3 Å². The fourth-order valence-corrected chi connectivity index (χ4v) is 3.57. The lowest BCUT2D eigenvalue weighted by Crippen LogP contribution is -2.20. The Morgan fingerprint density at radius 3 is 2.58 bits per heavy atom. The van der Waals surface area contributed by atoms with Crippen LogP contribution in [-0.2, 0) is 10.0 Å². The summed E-state index contributed by atoms with van der Waals surface area (Å²) in [6, 6.07) is 7.04. The smallest absolute Gasteiger partial charge is 0.242 e. The van der Waals surface area contributed by atoms with Crippen LogP contribution >= 0.6 is 0 Å². The molecule has 4 nitrogen and oxygen atoms in total. The molecule has 0 aliphatic heterocycles.